The van der Waals surface area contributed by atoms with Gasteiger partial charge < -0.3 is 4.57 Å². The van der Waals surface area contributed by atoms with Crippen LogP contribution in [0, 0.1) is 0 Å². The Balaban J connectivity index is 1.13. The van der Waals surface area contributed by atoms with Crippen LogP contribution in [0.5, 0.6) is 0 Å². The minimum absolute atomic E-state index is 0.0610. The Morgan fingerprint density at radius 3 is 1.92 bits per heavy atom. The monoisotopic (exact) mass is 693 g/mol. The van der Waals surface area contributed by atoms with Gasteiger partial charge in [0.2, 0.25) is 0 Å². The molecule has 11 rings (SSSR count). The van der Waals surface area contributed by atoms with Crippen LogP contribution in [-0.2, 0) is 5.41 Å². The number of thiophene rings is 1. The van der Waals surface area contributed by atoms with Crippen molar-refractivity contribution < 1.29 is 0 Å². The van der Waals surface area contributed by atoms with E-state index >= 15 is 0 Å². The maximum Gasteiger partial charge on any atom is 0.0619 e. The molecule has 0 N–H and O–H groups in total. The van der Waals surface area contributed by atoms with Crippen LogP contribution in [0.4, 0.5) is 0 Å². The van der Waals surface area contributed by atoms with Crippen molar-refractivity contribution in [1.82, 2.24) is 4.57 Å². The van der Waals surface area contributed by atoms with Gasteiger partial charge in [0.1, 0.15) is 0 Å². The third-order valence-electron chi connectivity index (χ3n) is 11.6. The second-order valence-corrected chi connectivity index (χ2v) is 15.9. The summed E-state index contributed by atoms with van der Waals surface area (Å²) in [7, 11) is 0. The fourth-order valence-electron chi connectivity index (χ4n) is 9.13. The van der Waals surface area contributed by atoms with Crippen LogP contribution in [0.25, 0.3) is 92.2 Å². The van der Waals surface area contributed by atoms with Crippen molar-refractivity contribution in [2.45, 2.75) is 19.3 Å². The summed E-state index contributed by atoms with van der Waals surface area (Å²) in [6.45, 7) is 4.73. The first-order chi connectivity index (χ1) is 26.1. The number of rotatable bonds is 4. The molecule has 0 saturated heterocycles. The van der Waals surface area contributed by atoms with Crippen LogP contribution in [-0.4, -0.2) is 4.57 Å². The van der Waals surface area contributed by atoms with E-state index in [1.54, 1.807) is 0 Å². The number of para-hydroxylation sites is 2. The van der Waals surface area contributed by atoms with Crippen LogP contribution in [0.15, 0.2) is 176 Å². The lowest BCUT2D eigenvalue weighted by Crippen LogP contribution is -2.14. The Hall–Kier alpha value is -6.22. The normalized spacial score (nSPS) is 13.2. The number of hydrogen-bond donors (Lipinski definition) is 0. The molecule has 250 valence electrons. The van der Waals surface area contributed by atoms with Gasteiger partial charge >= 0.3 is 0 Å². The molecule has 1 aliphatic rings. The van der Waals surface area contributed by atoms with E-state index in [2.05, 4.69) is 194 Å². The molecule has 0 atom stereocenters. The fourth-order valence-corrected chi connectivity index (χ4v) is 10.4. The van der Waals surface area contributed by atoms with Gasteiger partial charge in [-0.2, -0.15) is 0 Å². The molecule has 0 bridgehead atoms. The Morgan fingerprint density at radius 1 is 0.415 bits per heavy atom. The van der Waals surface area contributed by atoms with Crippen LogP contribution in [0.3, 0.4) is 0 Å². The van der Waals surface area contributed by atoms with E-state index < -0.39 is 0 Å². The van der Waals surface area contributed by atoms with Gasteiger partial charge in [-0.3, -0.25) is 0 Å². The second kappa shape index (κ2) is 11.4. The van der Waals surface area contributed by atoms with Crippen LogP contribution in [0.1, 0.15) is 25.0 Å². The highest BCUT2D eigenvalue weighted by Crippen LogP contribution is 2.50. The van der Waals surface area contributed by atoms with E-state index in [9.17, 15) is 0 Å². The lowest BCUT2D eigenvalue weighted by molar-refractivity contribution is 0.660. The van der Waals surface area contributed by atoms with E-state index in [1.165, 1.54) is 97.6 Å². The van der Waals surface area contributed by atoms with Gasteiger partial charge in [-0.25, -0.2) is 0 Å². The third-order valence-corrected chi connectivity index (χ3v) is 12.8. The fraction of sp³-hybridized carbons (Fsp3) is 0.0588. The molecule has 2 aromatic heterocycles. The zero-order chi connectivity index (χ0) is 35.3. The topological polar surface area (TPSA) is 4.93 Å². The Kier molecular flexibility index (Phi) is 6.53. The zero-order valence-electron chi connectivity index (χ0n) is 29.6. The minimum Gasteiger partial charge on any atom is -0.309 e. The molecule has 53 heavy (non-hydrogen) atoms. The highest BCUT2D eigenvalue weighted by atomic mass is 32.1. The summed E-state index contributed by atoms with van der Waals surface area (Å²) < 4.78 is 5.16. The molecule has 0 saturated carbocycles. The first-order valence-corrected chi connectivity index (χ1v) is 19.3. The number of benzene rings is 8. The average Bonchev–Trinajstić information content (AvgIpc) is 3.84. The highest BCUT2D eigenvalue weighted by molar-refractivity contribution is 7.26. The molecule has 0 radical (unpaired) electrons. The van der Waals surface area contributed by atoms with Crippen LogP contribution < -0.4 is 0 Å². The van der Waals surface area contributed by atoms with Gasteiger partial charge in [-0.15, -0.1) is 11.3 Å². The Labute approximate surface area is 313 Å². The minimum atomic E-state index is -0.0610. The van der Waals surface area contributed by atoms with Gasteiger partial charge in [-0.05, 0) is 80.4 Å². The maximum atomic E-state index is 2.49. The highest BCUT2D eigenvalue weighted by Gasteiger charge is 2.35. The average molecular weight is 694 g/mol. The first-order valence-electron chi connectivity index (χ1n) is 18.4. The number of hydrogen-bond acceptors (Lipinski definition) is 1. The summed E-state index contributed by atoms with van der Waals surface area (Å²) in [5, 5.41) is 5.17. The predicted molar refractivity (Wildman–Crippen MR) is 228 cm³/mol. The molecular formula is C51H35NS. The second-order valence-electron chi connectivity index (χ2n) is 14.9. The van der Waals surface area contributed by atoms with Crippen molar-refractivity contribution in [3.05, 3.63) is 187 Å². The van der Waals surface area contributed by atoms with Crippen molar-refractivity contribution >= 4 is 53.3 Å². The SMILES string of the molecule is CC1(C)c2ccccc2-c2ccc(-c3ccccc3-c3cccc4c5ccccc5n(-c5cccc(-c6cccc7c6sc6ccccc67)c5)c34)cc21. The standard InChI is InChI=1S/C51H35NS/c1-51(2)45-25-8-5-18-38(45)39-29-28-33(31-46(39)51)35-16-3-4-17-37(35)42-22-13-23-43-40-19-6-9-26-47(40)52(49(42)43)34-15-11-14-32(30-34)36-21-12-24-44-41-20-7-10-27-48(41)53-50(36)44/h3-31H,1-2H3. The summed E-state index contributed by atoms with van der Waals surface area (Å²) in [5.74, 6) is 0. The summed E-state index contributed by atoms with van der Waals surface area (Å²) in [4.78, 5) is 0. The Morgan fingerprint density at radius 2 is 1.04 bits per heavy atom. The first kappa shape index (κ1) is 30.4. The largest absolute Gasteiger partial charge is 0.309 e. The number of nitrogens with zero attached hydrogens (tertiary/aromatic N) is 1. The van der Waals surface area contributed by atoms with E-state index in [1.807, 2.05) is 11.3 Å². The maximum absolute atomic E-state index is 2.49. The van der Waals surface area contributed by atoms with E-state index in [0.29, 0.717) is 0 Å². The molecule has 0 aliphatic heterocycles. The molecule has 0 amide bonds. The van der Waals surface area contributed by atoms with E-state index in [-0.39, 0.29) is 5.41 Å². The quantitative estimate of drug-likeness (QED) is 0.173. The van der Waals surface area contributed by atoms with Gasteiger partial charge in [0.25, 0.3) is 0 Å². The molecule has 0 spiro atoms. The predicted octanol–water partition coefficient (Wildman–Crippen LogP) is 14.5. The molecule has 2 heterocycles. The van der Waals surface area contributed by atoms with Crippen molar-refractivity contribution in [2.75, 3.05) is 0 Å². The van der Waals surface area contributed by atoms with E-state index in [4.69, 9.17) is 0 Å². The van der Waals surface area contributed by atoms with Gasteiger partial charge in [-0.1, -0.05) is 159 Å². The van der Waals surface area contributed by atoms with Crippen LogP contribution >= 0.6 is 11.3 Å². The van der Waals surface area contributed by atoms with Crippen molar-refractivity contribution in [2.24, 2.45) is 0 Å². The Bertz CT molecular complexity index is 3100. The number of fused-ring (bicyclic) bond motifs is 9. The van der Waals surface area contributed by atoms with Gasteiger partial charge in [0.05, 0.1) is 11.0 Å². The van der Waals surface area contributed by atoms with E-state index in [0.717, 1.165) is 5.69 Å². The molecule has 1 nitrogen and oxygen atoms in total. The van der Waals surface area contributed by atoms with Crippen molar-refractivity contribution in [3.8, 4) is 50.2 Å². The summed E-state index contributed by atoms with van der Waals surface area (Å²) in [6.07, 6.45) is 0. The zero-order valence-corrected chi connectivity index (χ0v) is 30.4. The number of aromatic nitrogens is 1. The van der Waals surface area contributed by atoms with Crippen LogP contribution in [0.2, 0.25) is 0 Å². The van der Waals surface area contributed by atoms with Gasteiger partial charge in [0.15, 0.2) is 0 Å². The molecular weight excluding hydrogens is 659 g/mol. The summed E-state index contributed by atoms with van der Waals surface area (Å²) in [5.41, 5.74) is 16.5. The van der Waals surface area contributed by atoms with Crippen molar-refractivity contribution in [1.29, 1.82) is 0 Å². The smallest absolute Gasteiger partial charge is 0.0619 e. The summed E-state index contributed by atoms with van der Waals surface area (Å²) in [6, 6.07) is 65.3. The lowest BCUT2D eigenvalue weighted by atomic mass is 9.81. The van der Waals surface area contributed by atoms with Gasteiger partial charge in [0, 0.05) is 47.6 Å². The van der Waals surface area contributed by atoms with Crippen molar-refractivity contribution in [3.63, 3.8) is 0 Å². The third kappa shape index (κ3) is 4.43. The molecule has 10 aromatic rings. The molecule has 1 aliphatic carbocycles. The molecule has 0 fully saturated rings. The summed E-state index contributed by atoms with van der Waals surface area (Å²) >= 11 is 1.89. The molecule has 0 unspecified atom stereocenters. The lowest BCUT2D eigenvalue weighted by Gasteiger charge is -2.22. The molecule has 2 heteroatoms. The molecule has 8 aromatic carbocycles.